The summed E-state index contributed by atoms with van der Waals surface area (Å²) >= 11 is 5.85. The molecule has 5 nitrogen and oxygen atoms in total. The first-order valence-corrected chi connectivity index (χ1v) is 7.59. The Balaban J connectivity index is 1.50. The number of urea groups is 1. The molecule has 1 aliphatic rings. The Hall–Kier alpha value is -2.27. The molecule has 2 amide bonds. The number of pyridine rings is 1. The third-order valence-electron chi connectivity index (χ3n) is 3.33. The van der Waals surface area contributed by atoms with Gasteiger partial charge in [-0.1, -0.05) is 23.7 Å². The summed E-state index contributed by atoms with van der Waals surface area (Å²) in [4.78, 5) is 15.8. The number of rotatable bonds is 5. The molecular formula is C16H17ClN4O. The minimum atomic E-state index is -0.197. The second-order valence-electron chi connectivity index (χ2n) is 5.28. The summed E-state index contributed by atoms with van der Waals surface area (Å²) in [6, 6.07) is 11.5. The minimum absolute atomic E-state index is 0.197. The lowest BCUT2D eigenvalue weighted by Crippen LogP contribution is -2.30. The smallest absolute Gasteiger partial charge is 0.320 e. The van der Waals surface area contributed by atoms with E-state index in [1.807, 2.05) is 30.3 Å². The number of amides is 2. The van der Waals surface area contributed by atoms with Crippen molar-refractivity contribution in [1.82, 2.24) is 10.3 Å². The van der Waals surface area contributed by atoms with Gasteiger partial charge in [0.25, 0.3) is 0 Å². The van der Waals surface area contributed by atoms with Crippen LogP contribution in [-0.2, 0) is 6.54 Å². The zero-order chi connectivity index (χ0) is 15.4. The van der Waals surface area contributed by atoms with Crippen LogP contribution >= 0.6 is 11.6 Å². The molecular weight excluding hydrogens is 300 g/mol. The highest BCUT2D eigenvalue weighted by molar-refractivity contribution is 6.30. The molecule has 1 aromatic carbocycles. The summed E-state index contributed by atoms with van der Waals surface area (Å²) in [5.74, 6) is 0.537. The van der Waals surface area contributed by atoms with Crippen LogP contribution in [0.25, 0.3) is 0 Å². The molecule has 22 heavy (non-hydrogen) atoms. The van der Waals surface area contributed by atoms with Crippen LogP contribution in [0.1, 0.15) is 18.4 Å². The Kier molecular flexibility index (Phi) is 4.44. The van der Waals surface area contributed by atoms with E-state index in [0.29, 0.717) is 18.4 Å². The van der Waals surface area contributed by atoms with Gasteiger partial charge in [-0.05, 0) is 42.7 Å². The number of carbonyl (C=O) groups is 1. The van der Waals surface area contributed by atoms with E-state index in [1.54, 1.807) is 12.3 Å². The first-order valence-electron chi connectivity index (χ1n) is 7.21. The van der Waals surface area contributed by atoms with Gasteiger partial charge in [0.05, 0.1) is 11.9 Å². The van der Waals surface area contributed by atoms with Gasteiger partial charge in [-0.15, -0.1) is 0 Å². The number of anilines is 2. The summed E-state index contributed by atoms with van der Waals surface area (Å²) in [7, 11) is 0. The number of halogens is 1. The minimum Gasteiger partial charge on any atom is -0.380 e. The predicted molar refractivity (Wildman–Crippen MR) is 88.2 cm³/mol. The predicted octanol–water partition coefficient (Wildman–Crippen LogP) is 3.63. The zero-order valence-corrected chi connectivity index (χ0v) is 12.7. The number of nitrogens with one attached hydrogen (secondary N) is 3. The Morgan fingerprint density at radius 3 is 2.59 bits per heavy atom. The highest BCUT2D eigenvalue weighted by Crippen LogP contribution is 2.19. The van der Waals surface area contributed by atoms with Gasteiger partial charge < -0.3 is 10.6 Å². The molecule has 0 unspecified atom stereocenters. The molecule has 0 bridgehead atoms. The van der Waals surface area contributed by atoms with E-state index in [1.165, 1.54) is 0 Å². The molecule has 0 radical (unpaired) electrons. The SMILES string of the molecule is O=C(Nc1ccc(NCc2ccc(Cl)cc2)cn1)NC1CC1. The second-order valence-corrected chi connectivity index (χ2v) is 5.72. The molecule has 1 fully saturated rings. The summed E-state index contributed by atoms with van der Waals surface area (Å²) < 4.78 is 0. The number of carbonyl (C=O) groups excluding carboxylic acids is 1. The molecule has 1 saturated carbocycles. The van der Waals surface area contributed by atoms with Gasteiger partial charge in [-0.25, -0.2) is 9.78 Å². The van der Waals surface area contributed by atoms with Crippen molar-refractivity contribution in [3.8, 4) is 0 Å². The van der Waals surface area contributed by atoms with Crippen molar-refractivity contribution in [3.63, 3.8) is 0 Å². The molecule has 0 spiro atoms. The fourth-order valence-electron chi connectivity index (χ4n) is 1.94. The standard InChI is InChI=1S/C16H17ClN4O/c17-12-3-1-11(2-4-12)9-18-14-7-8-15(19-10-14)21-16(22)20-13-5-6-13/h1-4,7-8,10,13,18H,5-6,9H2,(H2,19,20,21,22). The number of nitrogens with zero attached hydrogens (tertiary/aromatic N) is 1. The van der Waals surface area contributed by atoms with E-state index in [2.05, 4.69) is 20.9 Å². The summed E-state index contributed by atoms with van der Waals surface area (Å²) in [5, 5.41) is 9.56. The lowest BCUT2D eigenvalue weighted by molar-refractivity contribution is 0.251. The Morgan fingerprint density at radius 2 is 1.95 bits per heavy atom. The van der Waals surface area contributed by atoms with Gasteiger partial charge in [0.2, 0.25) is 0 Å². The van der Waals surface area contributed by atoms with Crippen molar-refractivity contribution in [2.75, 3.05) is 10.6 Å². The van der Waals surface area contributed by atoms with E-state index in [-0.39, 0.29) is 6.03 Å². The van der Waals surface area contributed by atoms with Gasteiger partial charge in [0.15, 0.2) is 0 Å². The molecule has 6 heteroatoms. The number of hydrogen-bond donors (Lipinski definition) is 3. The topological polar surface area (TPSA) is 66.0 Å². The molecule has 114 valence electrons. The molecule has 0 atom stereocenters. The summed E-state index contributed by atoms with van der Waals surface area (Å²) in [6.07, 6.45) is 3.82. The fourth-order valence-corrected chi connectivity index (χ4v) is 2.07. The number of benzene rings is 1. The first kappa shape index (κ1) is 14.7. The third kappa shape index (κ3) is 4.36. The number of aromatic nitrogens is 1. The molecule has 0 aliphatic heterocycles. The van der Waals surface area contributed by atoms with Crippen LogP contribution in [0.15, 0.2) is 42.6 Å². The van der Waals surface area contributed by atoms with Crippen molar-refractivity contribution < 1.29 is 4.79 Å². The third-order valence-corrected chi connectivity index (χ3v) is 3.58. The van der Waals surface area contributed by atoms with Crippen LogP contribution in [0.3, 0.4) is 0 Å². The lowest BCUT2D eigenvalue weighted by atomic mass is 10.2. The average molecular weight is 317 g/mol. The van der Waals surface area contributed by atoms with Crippen LogP contribution in [0, 0.1) is 0 Å². The maximum absolute atomic E-state index is 11.6. The van der Waals surface area contributed by atoms with Crippen molar-refractivity contribution in [3.05, 3.63) is 53.2 Å². The molecule has 3 N–H and O–H groups in total. The van der Waals surface area contributed by atoms with Crippen molar-refractivity contribution in [1.29, 1.82) is 0 Å². The van der Waals surface area contributed by atoms with Crippen molar-refractivity contribution in [2.24, 2.45) is 0 Å². The average Bonchev–Trinajstić information content (AvgIpc) is 3.32. The van der Waals surface area contributed by atoms with E-state index < -0.39 is 0 Å². The monoisotopic (exact) mass is 316 g/mol. The van der Waals surface area contributed by atoms with E-state index in [4.69, 9.17) is 11.6 Å². The van der Waals surface area contributed by atoms with Gasteiger partial charge >= 0.3 is 6.03 Å². The first-order chi connectivity index (χ1) is 10.7. The summed E-state index contributed by atoms with van der Waals surface area (Å²) in [5.41, 5.74) is 2.03. The van der Waals surface area contributed by atoms with Gasteiger partial charge in [0, 0.05) is 17.6 Å². The van der Waals surface area contributed by atoms with Crippen LogP contribution < -0.4 is 16.0 Å². The van der Waals surface area contributed by atoms with E-state index in [0.717, 1.165) is 29.1 Å². The van der Waals surface area contributed by atoms with E-state index >= 15 is 0 Å². The van der Waals surface area contributed by atoms with Crippen molar-refractivity contribution >= 4 is 29.1 Å². The van der Waals surface area contributed by atoms with Crippen LogP contribution in [0.4, 0.5) is 16.3 Å². The molecule has 0 saturated heterocycles. The largest absolute Gasteiger partial charge is 0.380 e. The molecule has 1 heterocycles. The molecule has 2 aromatic rings. The molecule has 3 rings (SSSR count). The Labute approximate surface area is 134 Å². The highest BCUT2D eigenvalue weighted by Gasteiger charge is 2.23. The zero-order valence-electron chi connectivity index (χ0n) is 12.0. The molecule has 1 aromatic heterocycles. The Morgan fingerprint density at radius 1 is 1.18 bits per heavy atom. The summed E-state index contributed by atoms with van der Waals surface area (Å²) in [6.45, 7) is 0.688. The van der Waals surface area contributed by atoms with Crippen LogP contribution in [-0.4, -0.2) is 17.1 Å². The quantitative estimate of drug-likeness (QED) is 0.789. The maximum Gasteiger partial charge on any atom is 0.320 e. The normalized spacial score (nSPS) is 13.5. The molecule has 1 aliphatic carbocycles. The van der Waals surface area contributed by atoms with Gasteiger partial charge in [-0.3, -0.25) is 5.32 Å². The van der Waals surface area contributed by atoms with Crippen LogP contribution in [0.5, 0.6) is 0 Å². The Bertz CT molecular complexity index is 638. The van der Waals surface area contributed by atoms with E-state index in [9.17, 15) is 4.79 Å². The van der Waals surface area contributed by atoms with Crippen molar-refractivity contribution in [2.45, 2.75) is 25.4 Å². The number of hydrogen-bond acceptors (Lipinski definition) is 3. The maximum atomic E-state index is 11.6. The second kappa shape index (κ2) is 6.66. The lowest BCUT2D eigenvalue weighted by Gasteiger charge is -2.08. The van der Waals surface area contributed by atoms with Crippen LogP contribution in [0.2, 0.25) is 5.02 Å². The van der Waals surface area contributed by atoms with Gasteiger partial charge in [-0.2, -0.15) is 0 Å². The highest BCUT2D eigenvalue weighted by atomic mass is 35.5. The van der Waals surface area contributed by atoms with Gasteiger partial charge in [0.1, 0.15) is 5.82 Å². The fraction of sp³-hybridized carbons (Fsp3) is 0.250.